The Morgan fingerprint density at radius 2 is 2.00 bits per heavy atom. The molecular weight excluding hydrogens is 372 g/mol. The summed E-state index contributed by atoms with van der Waals surface area (Å²) in [5.41, 5.74) is 1.24. The standard InChI is InChI=1S/C17H23BrN4S/c1-13(23-16-6-4-15(18)5-7-16)10-20-17(19-2)21-11-14-8-9-22(3)12-14/h4-9,12-13H,10-11H2,1-3H3,(H2,19,20,21). The molecule has 0 aliphatic heterocycles. The first kappa shape index (κ1) is 17.9. The lowest BCUT2D eigenvalue weighted by Gasteiger charge is -2.15. The van der Waals surface area contributed by atoms with Crippen LogP contribution in [0.5, 0.6) is 0 Å². The van der Waals surface area contributed by atoms with Gasteiger partial charge in [-0.05, 0) is 35.9 Å². The maximum atomic E-state index is 4.27. The SMILES string of the molecule is CN=C(NCc1ccn(C)c1)NCC(C)Sc1ccc(Br)cc1. The van der Waals surface area contributed by atoms with E-state index < -0.39 is 0 Å². The van der Waals surface area contributed by atoms with Gasteiger partial charge in [0.2, 0.25) is 0 Å². The van der Waals surface area contributed by atoms with Crippen LogP contribution >= 0.6 is 27.7 Å². The van der Waals surface area contributed by atoms with Crippen molar-refractivity contribution in [1.82, 2.24) is 15.2 Å². The van der Waals surface area contributed by atoms with Crippen molar-refractivity contribution >= 4 is 33.7 Å². The molecule has 1 atom stereocenters. The molecule has 0 aliphatic rings. The number of rotatable bonds is 6. The van der Waals surface area contributed by atoms with E-state index in [4.69, 9.17) is 0 Å². The van der Waals surface area contributed by atoms with Crippen LogP contribution in [-0.2, 0) is 13.6 Å². The van der Waals surface area contributed by atoms with Gasteiger partial charge >= 0.3 is 0 Å². The monoisotopic (exact) mass is 394 g/mol. The van der Waals surface area contributed by atoms with E-state index in [2.05, 4.69) is 75.0 Å². The summed E-state index contributed by atoms with van der Waals surface area (Å²) in [6.07, 6.45) is 4.15. The smallest absolute Gasteiger partial charge is 0.191 e. The van der Waals surface area contributed by atoms with Crippen LogP contribution in [0.1, 0.15) is 12.5 Å². The molecule has 1 heterocycles. The number of aromatic nitrogens is 1. The number of thioether (sulfide) groups is 1. The summed E-state index contributed by atoms with van der Waals surface area (Å²) in [7, 11) is 3.82. The van der Waals surface area contributed by atoms with Crippen LogP contribution in [0.4, 0.5) is 0 Å². The van der Waals surface area contributed by atoms with Crippen molar-refractivity contribution < 1.29 is 0 Å². The Morgan fingerprint density at radius 3 is 2.61 bits per heavy atom. The number of guanidine groups is 1. The Hall–Kier alpha value is -1.40. The van der Waals surface area contributed by atoms with Crippen LogP contribution in [0.2, 0.25) is 0 Å². The third kappa shape index (κ3) is 6.31. The first-order valence-corrected chi connectivity index (χ1v) is 9.21. The lowest BCUT2D eigenvalue weighted by Crippen LogP contribution is -2.39. The molecular formula is C17H23BrN4S. The summed E-state index contributed by atoms with van der Waals surface area (Å²) in [5, 5.41) is 7.17. The highest BCUT2D eigenvalue weighted by atomic mass is 79.9. The van der Waals surface area contributed by atoms with E-state index >= 15 is 0 Å². The fourth-order valence-electron chi connectivity index (χ4n) is 2.10. The minimum absolute atomic E-state index is 0.450. The zero-order valence-electron chi connectivity index (χ0n) is 13.7. The average Bonchev–Trinajstić information content (AvgIpc) is 2.95. The molecule has 0 saturated carbocycles. The second-order valence-corrected chi connectivity index (χ2v) is 7.80. The zero-order chi connectivity index (χ0) is 16.7. The summed E-state index contributed by atoms with van der Waals surface area (Å²) in [6.45, 7) is 3.84. The summed E-state index contributed by atoms with van der Waals surface area (Å²) in [4.78, 5) is 5.55. The van der Waals surface area contributed by atoms with Crippen molar-refractivity contribution in [3.05, 3.63) is 52.8 Å². The van der Waals surface area contributed by atoms with E-state index in [0.29, 0.717) is 5.25 Å². The lowest BCUT2D eigenvalue weighted by atomic mass is 10.3. The van der Waals surface area contributed by atoms with Gasteiger partial charge in [-0.15, -0.1) is 11.8 Å². The molecule has 2 N–H and O–H groups in total. The van der Waals surface area contributed by atoms with E-state index in [0.717, 1.165) is 23.5 Å². The number of hydrogen-bond acceptors (Lipinski definition) is 2. The lowest BCUT2D eigenvalue weighted by molar-refractivity contribution is 0.788. The number of nitrogens with one attached hydrogen (secondary N) is 2. The highest BCUT2D eigenvalue weighted by Gasteiger charge is 2.06. The molecule has 0 aliphatic carbocycles. The fourth-order valence-corrected chi connectivity index (χ4v) is 3.29. The highest BCUT2D eigenvalue weighted by molar-refractivity contribution is 9.10. The molecule has 0 saturated heterocycles. The summed E-state index contributed by atoms with van der Waals surface area (Å²) in [5.74, 6) is 0.831. The van der Waals surface area contributed by atoms with Gasteiger partial charge in [-0.25, -0.2) is 0 Å². The van der Waals surface area contributed by atoms with Crippen molar-refractivity contribution in [2.45, 2.75) is 23.6 Å². The van der Waals surface area contributed by atoms with E-state index in [9.17, 15) is 0 Å². The number of aliphatic imine (C=N–C) groups is 1. The van der Waals surface area contributed by atoms with Gasteiger partial charge in [0.15, 0.2) is 5.96 Å². The minimum atomic E-state index is 0.450. The Balaban J connectivity index is 1.75. The van der Waals surface area contributed by atoms with E-state index in [1.165, 1.54) is 10.5 Å². The number of hydrogen-bond donors (Lipinski definition) is 2. The second kappa shape index (κ2) is 9.03. The molecule has 23 heavy (non-hydrogen) atoms. The van der Waals surface area contributed by atoms with Gasteiger partial charge in [0.25, 0.3) is 0 Å². The summed E-state index contributed by atoms with van der Waals surface area (Å²) >= 11 is 5.31. The third-order valence-corrected chi connectivity index (χ3v) is 4.93. The van der Waals surface area contributed by atoms with Crippen molar-refractivity contribution in [3.63, 3.8) is 0 Å². The Morgan fingerprint density at radius 1 is 1.26 bits per heavy atom. The van der Waals surface area contributed by atoms with Gasteiger partial charge in [-0.2, -0.15) is 0 Å². The molecule has 2 aromatic rings. The van der Waals surface area contributed by atoms with E-state index in [1.807, 2.05) is 29.6 Å². The number of aryl methyl sites for hydroxylation is 1. The maximum absolute atomic E-state index is 4.27. The van der Waals surface area contributed by atoms with Crippen molar-refractivity contribution in [2.75, 3.05) is 13.6 Å². The van der Waals surface area contributed by atoms with Gasteiger partial charge in [-0.1, -0.05) is 22.9 Å². The number of benzene rings is 1. The average molecular weight is 395 g/mol. The maximum Gasteiger partial charge on any atom is 0.191 e. The van der Waals surface area contributed by atoms with Crippen molar-refractivity contribution in [2.24, 2.45) is 12.0 Å². The summed E-state index contributed by atoms with van der Waals surface area (Å²) < 4.78 is 3.16. The summed E-state index contributed by atoms with van der Waals surface area (Å²) in [6, 6.07) is 10.5. The van der Waals surface area contributed by atoms with Crippen LogP contribution < -0.4 is 10.6 Å². The molecule has 1 aromatic carbocycles. The largest absolute Gasteiger partial charge is 0.357 e. The predicted octanol–water partition coefficient (Wildman–Crippen LogP) is 3.63. The first-order valence-electron chi connectivity index (χ1n) is 7.54. The van der Waals surface area contributed by atoms with E-state index in [-0.39, 0.29) is 0 Å². The molecule has 0 spiro atoms. The minimum Gasteiger partial charge on any atom is -0.357 e. The topological polar surface area (TPSA) is 41.4 Å². The molecule has 1 aromatic heterocycles. The Bertz CT molecular complexity index is 636. The van der Waals surface area contributed by atoms with Crippen molar-refractivity contribution in [3.8, 4) is 0 Å². The Labute approximate surface area is 150 Å². The molecule has 2 rings (SSSR count). The van der Waals surface area contributed by atoms with Gasteiger partial charge in [-0.3, -0.25) is 4.99 Å². The third-order valence-electron chi connectivity index (χ3n) is 3.28. The Kier molecular flexibility index (Phi) is 7.05. The van der Waals surface area contributed by atoms with Crippen LogP contribution in [0.25, 0.3) is 0 Å². The number of halogens is 1. The van der Waals surface area contributed by atoms with Gasteiger partial charge in [0.05, 0.1) is 0 Å². The first-order chi connectivity index (χ1) is 11.1. The van der Waals surface area contributed by atoms with Crippen LogP contribution in [0.15, 0.2) is 57.1 Å². The molecule has 4 nitrogen and oxygen atoms in total. The molecule has 1 unspecified atom stereocenters. The van der Waals surface area contributed by atoms with Crippen LogP contribution in [0, 0.1) is 0 Å². The van der Waals surface area contributed by atoms with Gasteiger partial charge in [0, 0.05) is 54.2 Å². The molecule has 0 radical (unpaired) electrons. The normalized spacial score (nSPS) is 13.0. The zero-order valence-corrected chi connectivity index (χ0v) is 16.1. The van der Waals surface area contributed by atoms with Crippen LogP contribution in [-0.4, -0.2) is 29.4 Å². The molecule has 0 amide bonds. The van der Waals surface area contributed by atoms with Crippen molar-refractivity contribution in [1.29, 1.82) is 0 Å². The predicted molar refractivity (Wildman–Crippen MR) is 103 cm³/mol. The molecule has 124 valence electrons. The molecule has 6 heteroatoms. The molecule has 0 bridgehead atoms. The fraction of sp³-hybridized carbons (Fsp3) is 0.353. The van der Waals surface area contributed by atoms with Crippen LogP contribution in [0.3, 0.4) is 0 Å². The molecule has 0 fully saturated rings. The number of nitrogens with zero attached hydrogens (tertiary/aromatic N) is 2. The highest BCUT2D eigenvalue weighted by Crippen LogP contribution is 2.24. The van der Waals surface area contributed by atoms with Gasteiger partial charge in [0.1, 0.15) is 0 Å². The quantitative estimate of drug-likeness (QED) is 0.446. The second-order valence-electron chi connectivity index (χ2n) is 5.37. The van der Waals surface area contributed by atoms with Gasteiger partial charge < -0.3 is 15.2 Å². The van der Waals surface area contributed by atoms with E-state index in [1.54, 1.807) is 7.05 Å².